The van der Waals surface area contributed by atoms with Crippen molar-refractivity contribution in [2.24, 2.45) is 0 Å². The Morgan fingerprint density at radius 1 is 1.15 bits per heavy atom. The third-order valence-corrected chi connectivity index (χ3v) is 5.09. The molecule has 0 atom stereocenters. The summed E-state index contributed by atoms with van der Waals surface area (Å²) < 4.78 is 25.4. The second kappa shape index (κ2) is 8.50. The number of nitrogens with zero attached hydrogens (tertiary/aromatic N) is 2. The number of hydrogen-bond acceptors (Lipinski definition) is 4. The van der Waals surface area contributed by atoms with Gasteiger partial charge in [-0.25, -0.2) is 8.42 Å². The third-order valence-electron chi connectivity index (χ3n) is 3.91. The van der Waals surface area contributed by atoms with Crippen LogP contribution >= 0.6 is 0 Å². The molecule has 0 radical (unpaired) electrons. The second-order valence-electron chi connectivity index (χ2n) is 5.77. The number of rotatable bonds is 7. The van der Waals surface area contributed by atoms with Crippen LogP contribution in [0.5, 0.6) is 0 Å². The monoisotopic (exact) mass is 371 g/mol. The predicted molar refractivity (Wildman–Crippen MR) is 102 cm³/mol. The van der Waals surface area contributed by atoms with E-state index < -0.39 is 10.0 Å². The first-order valence-corrected chi connectivity index (χ1v) is 10.1. The molecule has 2 aromatic carbocycles. The number of benzene rings is 2. The lowest BCUT2D eigenvalue weighted by atomic mass is 10.1. The Morgan fingerprint density at radius 2 is 1.81 bits per heavy atom. The van der Waals surface area contributed by atoms with Crippen LogP contribution in [0.4, 0.5) is 11.4 Å². The molecule has 0 aliphatic heterocycles. The van der Waals surface area contributed by atoms with E-state index in [4.69, 9.17) is 0 Å². The Kier molecular flexibility index (Phi) is 6.36. The Morgan fingerprint density at radius 3 is 2.46 bits per heavy atom. The molecule has 0 saturated carbocycles. The first-order valence-electron chi connectivity index (χ1n) is 8.21. The average Bonchev–Trinajstić information content (AvgIpc) is 2.61. The molecule has 0 spiro atoms. The zero-order valence-electron chi connectivity index (χ0n) is 14.8. The minimum Gasteiger partial charge on any atom is -0.326 e. The molecule has 1 amide bonds. The average molecular weight is 371 g/mol. The lowest BCUT2D eigenvalue weighted by Gasteiger charge is -2.23. The quantitative estimate of drug-likeness (QED) is 0.810. The van der Waals surface area contributed by atoms with E-state index in [1.807, 2.05) is 37.3 Å². The summed E-state index contributed by atoms with van der Waals surface area (Å²) in [5, 5.41) is 12.0. The van der Waals surface area contributed by atoms with Crippen molar-refractivity contribution >= 4 is 27.3 Å². The molecule has 7 heteroatoms. The fourth-order valence-electron chi connectivity index (χ4n) is 2.62. The Hall–Kier alpha value is -2.85. The van der Waals surface area contributed by atoms with Gasteiger partial charge in [0.15, 0.2) is 0 Å². The molecule has 0 aromatic heterocycles. The van der Waals surface area contributed by atoms with Crippen LogP contribution in [0.3, 0.4) is 0 Å². The smallest absolute Gasteiger partial charge is 0.232 e. The fourth-order valence-corrected chi connectivity index (χ4v) is 3.56. The summed E-state index contributed by atoms with van der Waals surface area (Å²) >= 11 is 0. The number of sulfonamides is 1. The van der Waals surface area contributed by atoms with Gasteiger partial charge in [0.05, 0.1) is 17.5 Å². The summed E-state index contributed by atoms with van der Waals surface area (Å²) in [5.74, 6) is -0.283. The maximum Gasteiger partial charge on any atom is 0.232 e. The molecule has 6 nitrogen and oxygen atoms in total. The van der Waals surface area contributed by atoms with Crippen LogP contribution < -0.4 is 9.62 Å². The number of nitrogens with one attached hydrogen (secondary N) is 1. The number of carbonyl (C=O) groups is 1. The van der Waals surface area contributed by atoms with Gasteiger partial charge in [-0.15, -0.1) is 0 Å². The van der Waals surface area contributed by atoms with Gasteiger partial charge in [-0.2, -0.15) is 5.26 Å². The van der Waals surface area contributed by atoms with Crippen molar-refractivity contribution in [2.75, 3.05) is 22.4 Å². The summed E-state index contributed by atoms with van der Waals surface area (Å²) in [5.41, 5.74) is 2.26. The number of aryl methyl sites for hydroxylation is 1. The lowest BCUT2D eigenvalue weighted by Crippen LogP contribution is -2.33. The largest absolute Gasteiger partial charge is 0.326 e. The number of para-hydroxylation sites is 2. The number of anilines is 2. The van der Waals surface area contributed by atoms with Crippen LogP contribution in [0, 0.1) is 11.3 Å². The Balaban J connectivity index is 2.16. The molecule has 0 aliphatic rings. The number of nitriles is 1. The highest BCUT2D eigenvalue weighted by Crippen LogP contribution is 2.23. The van der Waals surface area contributed by atoms with Gasteiger partial charge < -0.3 is 5.32 Å². The zero-order valence-corrected chi connectivity index (χ0v) is 15.6. The standard InChI is InChI=1S/C19H21N3O3S/c1-3-15-8-4-6-10-17(15)21-19(23)12-13-22(26(2,24)25)18-11-7-5-9-16(18)14-20/h4-11H,3,12-13H2,1-2H3,(H,21,23). The van der Waals surface area contributed by atoms with Crippen LogP contribution in [0.15, 0.2) is 48.5 Å². The minimum absolute atomic E-state index is 0.0229. The highest BCUT2D eigenvalue weighted by Gasteiger charge is 2.21. The van der Waals surface area contributed by atoms with Crippen molar-refractivity contribution in [3.05, 3.63) is 59.7 Å². The zero-order chi connectivity index (χ0) is 19.2. The summed E-state index contributed by atoms with van der Waals surface area (Å²) in [6.45, 7) is 1.95. The van der Waals surface area contributed by atoms with E-state index >= 15 is 0 Å². The van der Waals surface area contributed by atoms with Gasteiger partial charge in [0.25, 0.3) is 0 Å². The highest BCUT2D eigenvalue weighted by atomic mass is 32.2. The van der Waals surface area contributed by atoms with Crippen LogP contribution in [-0.2, 0) is 21.2 Å². The minimum atomic E-state index is -3.63. The Bertz CT molecular complexity index is 933. The molecule has 26 heavy (non-hydrogen) atoms. The molecule has 0 aliphatic carbocycles. The van der Waals surface area contributed by atoms with Crippen molar-refractivity contribution in [1.29, 1.82) is 5.26 Å². The van der Waals surface area contributed by atoms with Crippen LogP contribution in [0.25, 0.3) is 0 Å². The second-order valence-corrected chi connectivity index (χ2v) is 7.68. The highest BCUT2D eigenvalue weighted by molar-refractivity contribution is 7.92. The first-order chi connectivity index (χ1) is 12.4. The van der Waals surface area contributed by atoms with Crippen molar-refractivity contribution in [3.63, 3.8) is 0 Å². The van der Waals surface area contributed by atoms with E-state index in [1.54, 1.807) is 24.3 Å². The van der Waals surface area contributed by atoms with Crippen molar-refractivity contribution < 1.29 is 13.2 Å². The maximum absolute atomic E-state index is 12.3. The molecule has 0 bridgehead atoms. The lowest BCUT2D eigenvalue weighted by molar-refractivity contribution is -0.116. The molecule has 0 heterocycles. The molecular weight excluding hydrogens is 350 g/mol. The van der Waals surface area contributed by atoms with Gasteiger partial charge in [0.2, 0.25) is 15.9 Å². The molecular formula is C19H21N3O3S. The molecule has 0 saturated heterocycles. The van der Waals surface area contributed by atoms with Crippen LogP contribution in [-0.4, -0.2) is 27.1 Å². The van der Waals surface area contributed by atoms with E-state index in [0.717, 1.165) is 28.2 Å². The Labute approximate surface area is 154 Å². The maximum atomic E-state index is 12.3. The van der Waals surface area contributed by atoms with E-state index in [2.05, 4.69) is 5.32 Å². The van der Waals surface area contributed by atoms with Crippen LogP contribution in [0.1, 0.15) is 24.5 Å². The van der Waals surface area contributed by atoms with Gasteiger partial charge in [0.1, 0.15) is 6.07 Å². The van der Waals surface area contributed by atoms with Crippen molar-refractivity contribution in [3.8, 4) is 6.07 Å². The van der Waals surface area contributed by atoms with E-state index in [0.29, 0.717) is 0 Å². The molecule has 0 fully saturated rings. The van der Waals surface area contributed by atoms with Gasteiger partial charge in [0, 0.05) is 18.7 Å². The summed E-state index contributed by atoms with van der Waals surface area (Å²) in [6.07, 6.45) is 1.82. The number of carbonyl (C=O) groups excluding carboxylic acids is 1. The third kappa shape index (κ3) is 4.83. The van der Waals surface area contributed by atoms with Gasteiger partial charge >= 0.3 is 0 Å². The van der Waals surface area contributed by atoms with E-state index in [-0.39, 0.29) is 30.1 Å². The summed E-state index contributed by atoms with van der Waals surface area (Å²) in [7, 11) is -3.63. The number of amides is 1. The van der Waals surface area contributed by atoms with Gasteiger partial charge in [-0.1, -0.05) is 37.3 Å². The predicted octanol–water partition coefficient (Wildman–Crippen LogP) is 2.92. The van der Waals surface area contributed by atoms with Crippen molar-refractivity contribution in [2.45, 2.75) is 19.8 Å². The topological polar surface area (TPSA) is 90.3 Å². The summed E-state index contributed by atoms with van der Waals surface area (Å²) in [6, 6.07) is 15.9. The van der Waals surface area contributed by atoms with Crippen molar-refractivity contribution in [1.82, 2.24) is 0 Å². The molecule has 2 aromatic rings. The van der Waals surface area contributed by atoms with Gasteiger partial charge in [-0.3, -0.25) is 9.10 Å². The SMILES string of the molecule is CCc1ccccc1NC(=O)CCN(c1ccccc1C#N)S(C)(=O)=O. The first kappa shape index (κ1) is 19.5. The van der Waals surface area contributed by atoms with Crippen LogP contribution in [0.2, 0.25) is 0 Å². The summed E-state index contributed by atoms with van der Waals surface area (Å²) in [4.78, 5) is 12.3. The molecule has 136 valence electrons. The van der Waals surface area contributed by atoms with E-state index in [1.165, 1.54) is 0 Å². The molecule has 0 unspecified atom stereocenters. The number of hydrogen-bond donors (Lipinski definition) is 1. The normalized spacial score (nSPS) is 10.8. The fraction of sp³-hybridized carbons (Fsp3) is 0.263. The molecule has 1 N–H and O–H groups in total. The van der Waals surface area contributed by atoms with E-state index in [9.17, 15) is 18.5 Å². The molecule has 2 rings (SSSR count). The van der Waals surface area contributed by atoms with Gasteiger partial charge in [-0.05, 0) is 30.2 Å².